The SMILES string of the molecule is O=C(O)c1ccc(O)c(S(=O)(=O)c2c(O)ccc(C(=O)O)c2CCCCCCc2ccccc2)c1CCCCCCc1ccccc1. The van der Waals surface area contributed by atoms with Crippen molar-refractivity contribution in [3.63, 3.8) is 0 Å². The van der Waals surface area contributed by atoms with Crippen molar-refractivity contribution in [2.24, 2.45) is 0 Å². The van der Waals surface area contributed by atoms with Gasteiger partial charge < -0.3 is 20.4 Å². The minimum absolute atomic E-state index is 0.0616. The molecule has 248 valence electrons. The van der Waals surface area contributed by atoms with Crippen molar-refractivity contribution in [2.45, 2.75) is 86.8 Å². The number of aromatic hydroxyl groups is 2. The number of carboxylic acids is 2. The lowest BCUT2D eigenvalue weighted by molar-refractivity contribution is 0.0684. The molecule has 0 fully saturated rings. The summed E-state index contributed by atoms with van der Waals surface area (Å²) in [5.74, 6) is -4.00. The van der Waals surface area contributed by atoms with Gasteiger partial charge in [0, 0.05) is 0 Å². The highest BCUT2D eigenvalue weighted by molar-refractivity contribution is 7.91. The Hall–Kier alpha value is -4.63. The number of carbonyl (C=O) groups is 2. The molecule has 4 aromatic rings. The number of benzene rings is 4. The summed E-state index contributed by atoms with van der Waals surface area (Å²) in [4.78, 5) is 23.3. The Morgan fingerprint density at radius 3 is 1.15 bits per heavy atom. The maximum Gasteiger partial charge on any atom is 0.336 e. The molecule has 0 spiro atoms. The lowest BCUT2D eigenvalue weighted by Gasteiger charge is -2.19. The van der Waals surface area contributed by atoms with Crippen LogP contribution in [0.3, 0.4) is 0 Å². The van der Waals surface area contributed by atoms with Crippen LogP contribution in [0.5, 0.6) is 11.5 Å². The highest BCUT2D eigenvalue weighted by Crippen LogP contribution is 2.41. The van der Waals surface area contributed by atoms with Crippen molar-refractivity contribution in [1.82, 2.24) is 0 Å². The van der Waals surface area contributed by atoms with Crippen LogP contribution in [0.15, 0.2) is 94.7 Å². The van der Waals surface area contributed by atoms with Gasteiger partial charge in [-0.25, -0.2) is 18.0 Å². The topological polar surface area (TPSA) is 149 Å². The van der Waals surface area contributed by atoms with Gasteiger partial charge in [-0.05, 0) is 97.9 Å². The van der Waals surface area contributed by atoms with Gasteiger partial charge in [-0.3, -0.25) is 0 Å². The maximum atomic E-state index is 14.3. The quantitative estimate of drug-likeness (QED) is 0.0786. The largest absolute Gasteiger partial charge is 0.507 e. The van der Waals surface area contributed by atoms with E-state index >= 15 is 0 Å². The Morgan fingerprint density at radius 1 is 0.468 bits per heavy atom. The lowest BCUT2D eigenvalue weighted by Crippen LogP contribution is -2.15. The molecule has 0 bridgehead atoms. The number of phenolic OH excluding ortho intramolecular Hbond substituents is 2. The van der Waals surface area contributed by atoms with Crippen molar-refractivity contribution in [3.05, 3.63) is 118 Å². The van der Waals surface area contributed by atoms with Crippen LogP contribution in [0, 0.1) is 0 Å². The third kappa shape index (κ3) is 9.23. The van der Waals surface area contributed by atoms with Gasteiger partial charge in [0.1, 0.15) is 21.3 Å². The van der Waals surface area contributed by atoms with Gasteiger partial charge in [-0.15, -0.1) is 0 Å². The number of hydrogen-bond acceptors (Lipinski definition) is 6. The van der Waals surface area contributed by atoms with E-state index in [1.165, 1.54) is 23.3 Å². The van der Waals surface area contributed by atoms with E-state index in [-0.39, 0.29) is 35.1 Å². The Bertz CT molecular complexity index is 1640. The summed E-state index contributed by atoms with van der Waals surface area (Å²) in [6, 6.07) is 24.4. The Labute approximate surface area is 276 Å². The summed E-state index contributed by atoms with van der Waals surface area (Å²) >= 11 is 0. The molecule has 0 aliphatic rings. The zero-order chi connectivity index (χ0) is 33.8. The van der Waals surface area contributed by atoms with Crippen molar-refractivity contribution in [1.29, 1.82) is 0 Å². The molecule has 0 aromatic heterocycles. The third-order valence-corrected chi connectivity index (χ3v) is 10.4. The van der Waals surface area contributed by atoms with Crippen LogP contribution >= 0.6 is 0 Å². The summed E-state index contributed by atoms with van der Waals surface area (Å²) in [5, 5.41) is 41.8. The molecule has 0 unspecified atom stereocenters. The van der Waals surface area contributed by atoms with Crippen LogP contribution in [-0.4, -0.2) is 40.8 Å². The maximum absolute atomic E-state index is 14.3. The van der Waals surface area contributed by atoms with Gasteiger partial charge in [0.15, 0.2) is 0 Å². The van der Waals surface area contributed by atoms with Crippen LogP contribution in [0.4, 0.5) is 0 Å². The molecule has 0 saturated carbocycles. The Morgan fingerprint density at radius 2 is 0.809 bits per heavy atom. The van der Waals surface area contributed by atoms with E-state index in [0.717, 1.165) is 50.7 Å². The predicted molar refractivity (Wildman–Crippen MR) is 180 cm³/mol. The first kappa shape index (κ1) is 35.2. The van der Waals surface area contributed by atoms with Gasteiger partial charge >= 0.3 is 11.9 Å². The van der Waals surface area contributed by atoms with Gasteiger partial charge in [0.25, 0.3) is 0 Å². The second-order valence-corrected chi connectivity index (χ2v) is 13.6. The van der Waals surface area contributed by atoms with E-state index in [9.17, 15) is 38.4 Å². The average Bonchev–Trinajstić information content (AvgIpc) is 3.04. The number of carboxylic acid groups (broad SMARTS) is 2. The number of phenols is 2. The molecule has 0 atom stereocenters. The van der Waals surface area contributed by atoms with Gasteiger partial charge in [0.05, 0.1) is 11.1 Å². The van der Waals surface area contributed by atoms with Crippen LogP contribution in [0.25, 0.3) is 0 Å². The third-order valence-electron chi connectivity index (χ3n) is 8.45. The van der Waals surface area contributed by atoms with Gasteiger partial charge in [-0.1, -0.05) is 86.3 Å². The first-order valence-electron chi connectivity index (χ1n) is 16.1. The fourth-order valence-electron chi connectivity index (χ4n) is 6.09. The molecule has 9 heteroatoms. The molecule has 4 aromatic carbocycles. The highest BCUT2D eigenvalue weighted by Gasteiger charge is 2.34. The van der Waals surface area contributed by atoms with Crippen molar-refractivity contribution >= 4 is 21.8 Å². The molecule has 0 aliphatic carbocycles. The molecule has 0 heterocycles. The zero-order valence-corrected chi connectivity index (χ0v) is 27.2. The zero-order valence-electron chi connectivity index (χ0n) is 26.4. The standard InChI is InChI=1S/C38H42O8S/c39-33-25-23-31(37(41)42)29(21-13-3-1-7-15-27-17-9-5-10-18-27)35(33)47(45,46)36-30(32(38(43)44)24-26-34(36)40)22-14-4-2-8-16-28-19-11-6-12-20-28/h5-6,9-12,17-20,23-26,39-40H,1-4,7-8,13-16,21-22H2,(H,41,42)(H,43,44). The first-order valence-corrected chi connectivity index (χ1v) is 17.6. The minimum Gasteiger partial charge on any atom is -0.507 e. The number of aryl methyl sites for hydroxylation is 2. The fraction of sp³-hybridized carbons (Fsp3) is 0.316. The van der Waals surface area contributed by atoms with Crippen LogP contribution in [0.1, 0.15) is 94.3 Å². The molecule has 0 saturated heterocycles. The van der Waals surface area contributed by atoms with Crippen LogP contribution < -0.4 is 0 Å². The van der Waals surface area contributed by atoms with Crippen molar-refractivity contribution in [3.8, 4) is 11.5 Å². The molecule has 0 amide bonds. The number of hydrogen-bond donors (Lipinski definition) is 4. The fourth-order valence-corrected chi connectivity index (χ4v) is 8.05. The molecule has 0 aliphatic heterocycles. The average molecular weight is 659 g/mol. The smallest absolute Gasteiger partial charge is 0.336 e. The summed E-state index contributed by atoms with van der Waals surface area (Å²) < 4.78 is 28.7. The van der Waals surface area contributed by atoms with E-state index in [1.807, 2.05) is 36.4 Å². The number of aromatic carboxylic acids is 2. The van der Waals surface area contributed by atoms with Gasteiger partial charge in [0.2, 0.25) is 9.84 Å². The molecular formula is C38H42O8S. The second kappa shape index (κ2) is 16.8. The molecule has 4 N–H and O–H groups in total. The summed E-state index contributed by atoms with van der Waals surface area (Å²) in [6.07, 6.45) is 7.76. The normalized spacial score (nSPS) is 11.4. The minimum atomic E-state index is -4.77. The summed E-state index contributed by atoms with van der Waals surface area (Å²) in [7, 11) is -4.77. The number of rotatable bonds is 18. The lowest BCUT2D eigenvalue weighted by atomic mass is 9.99. The first-order chi connectivity index (χ1) is 22.6. The Balaban J connectivity index is 1.57. The van der Waals surface area contributed by atoms with Gasteiger partial charge in [-0.2, -0.15) is 0 Å². The number of unbranched alkanes of at least 4 members (excludes halogenated alkanes) is 6. The van der Waals surface area contributed by atoms with E-state index in [0.29, 0.717) is 25.7 Å². The second-order valence-electron chi connectivity index (χ2n) is 11.8. The van der Waals surface area contributed by atoms with Crippen molar-refractivity contribution < 1.29 is 38.4 Å². The summed E-state index contributed by atoms with van der Waals surface area (Å²) in [6.45, 7) is 0. The molecule has 0 radical (unpaired) electrons. The summed E-state index contributed by atoms with van der Waals surface area (Å²) in [5.41, 5.74) is 1.78. The highest BCUT2D eigenvalue weighted by atomic mass is 32.2. The van der Waals surface area contributed by atoms with E-state index in [1.54, 1.807) is 0 Å². The van der Waals surface area contributed by atoms with E-state index in [4.69, 9.17) is 0 Å². The Kier molecular flexibility index (Phi) is 12.6. The van der Waals surface area contributed by atoms with Crippen molar-refractivity contribution in [2.75, 3.05) is 0 Å². The molecule has 8 nitrogen and oxygen atoms in total. The number of sulfone groups is 1. The molecule has 47 heavy (non-hydrogen) atoms. The van der Waals surface area contributed by atoms with E-state index < -0.39 is 43.1 Å². The predicted octanol–water partition coefficient (Wildman–Crippen LogP) is 8.02. The molecule has 4 rings (SSSR count). The van der Waals surface area contributed by atoms with E-state index in [2.05, 4.69) is 24.3 Å². The van der Waals surface area contributed by atoms with Crippen LogP contribution in [-0.2, 0) is 35.5 Å². The molecular weight excluding hydrogens is 616 g/mol. The monoisotopic (exact) mass is 658 g/mol. The van der Waals surface area contributed by atoms with Crippen LogP contribution in [0.2, 0.25) is 0 Å².